The fraction of sp³-hybridized carbons (Fsp3) is 0.522. The van der Waals surface area contributed by atoms with Gasteiger partial charge in [0.15, 0.2) is 0 Å². The molecule has 1 nitrogen and oxygen atoms in total. The first-order valence-electron chi connectivity index (χ1n) is 8.92. The fourth-order valence-electron chi connectivity index (χ4n) is 2.93. The van der Waals surface area contributed by atoms with Crippen LogP contribution in [0.3, 0.4) is 0 Å². The van der Waals surface area contributed by atoms with Crippen molar-refractivity contribution in [3.05, 3.63) is 53.1 Å². The van der Waals surface area contributed by atoms with Crippen molar-refractivity contribution in [1.29, 1.82) is 0 Å². The van der Waals surface area contributed by atoms with Gasteiger partial charge in [-0.2, -0.15) is 19.9 Å². The molecule has 0 saturated heterocycles. The van der Waals surface area contributed by atoms with Crippen LogP contribution >= 0.6 is 0 Å². The quantitative estimate of drug-likeness (QED) is 0.354. The summed E-state index contributed by atoms with van der Waals surface area (Å²) in [7, 11) is 2.47. The van der Waals surface area contributed by atoms with Crippen LogP contribution in [0, 0.1) is 18.8 Å². The molecule has 2 aromatic rings. The molecule has 0 atom stereocenters. The van der Waals surface area contributed by atoms with Crippen LogP contribution in [0.4, 0.5) is 0 Å². The van der Waals surface area contributed by atoms with Crippen LogP contribution in [0.15, 0.2) is 24.3 Å². The summed E-state index contributed by atoms with van der Waals surface area (Å²) in [6, 6.07) is 9.38. The molecule has 0 aromatic heterocycles. The van der Waals surface area contributed by atoms with E-state index in [2.05, 4.69) is 61.1 Å². The third kappa shape index (κ3) is 10.7. The average Bonchev–Trinajstić information content (AvgIpc) is 2.92. The van der Waals surface area contributed by atoms with Crippen molar-refractivity contribution < 1.29 is 21.7 Å². The smallest absolute Gasteiger partial charge is 0.673 e. The van der Waals surface area contributed by atoms with E-state index in [9.17, 15) is 0 Å². The van der Waals surface area contributed by atoms with Gasteiger partial charge in [0.05, 0.1) is 0 Å². The van der Waals surface area contributed by atoms with E-state index >= 15 is 0 Å². The van der Waals surface area contributed by atoms with Crippen LogP contribution in [0.5, 0.6) is 0 Å². The Kier molecular flexibility index (Phi) is 13.0. The standard InChI is InChI=1S/C15H17.C4H10N.C3H7.CHSi.Ti/c1-10-4-11-6-13-8-15(2,3)9-14(13)7-12(11)5-10;1-4(2,3)5;1-3-2;1-2;/h4-7H,8-9H2,1-3H3;5H,1-3H3;3H,1-2H3;1H;/q4*-1;+4. The average molecular weight is 401 g/mol. The van der Waals surface area contributed by atoms with E-state index in [0.29, 0.717) is 5.41 Å². The normalized spacial score (nSPS) is 13.7. The third-order valence-electron chi connectivity index (χ3n) is 3.51. The van der Waals surface area contributed by atoms with Crippen molar-refractivity contribution in [2.75, 3.05) is 0 Å². The second kappa shape index (κ2) is 12.1. The van der Waals surface area contributed by atoms with Crippen molar-refractivity contribution in [3.8, 4) is 0 Å². The summed E-state index contributed by atoms with van der Waals surface area (Å²) in [6.45, 7) is 16.5. The molecule has 1 aliphatic rings. The minimum absolute atomic E-state index is 0. The van der Waals surface area contributed by atoms with Crippen LogP contribution in [0.1, 0.15) is 65.2 Å². The van der Waals surface area contributed by atoms with Gasteiger partial charge in [-0.25, -0.2) is 0 Å². The third-order valence-corrected chi connectivity index (χ3v) is 3.51. The zero-order valence-electron chi connectivity index (χ0n) is 17.9. The molecule has 140 valence electrons. The molecule has 26 heavy (non-hydrogen) atoms. The Balaban J connectivity index is 0. The van der Waals surface area contributed by atoms with Gasteiger partial charge < -0.3 is 18.3 Å². The molecular formula is C23H35NSiTi. The molecule has 0 aliphatic heterocycles. The first kappa shape index (κ1) is 27.8. The van der Waals surface area contributed by atoms with Gasteiger partial charge in [0.25, 0.3) is 0 Å². The van der Waals surface area contributed by atoms with Crippen LogP contribution in [-0.4, -0.2) is 21.6 Å². The Labute approximate surface area is 180 Å². The van der Waals surface area contributed by atoms with Crippen molar-refractivity contribution in [1.82, 2.24) is 0 Å². The first-order chi connectivity index (χ1) is 11.4. The predicted octanol–water partition coefficient (Wildman–Crippen LogP) is 6.52. The van der Waals surface area contributed by atoms with Gasteiger partial charge in [-0.05, 0) is 18.3 Å². The van der Waals surface area contributed by atoms with Gasteiger partial charge in [-0.15, -0.1) is 40.1 Å². The molecule has 1 N–H and O–H groups in total. The number of hydrogen-bond acceptors (Lipinski definition) is 0. The maximum atomic E-state index is 6.94. The summed E-state index contributed by atoms with van der Waals surface area (Å²) in [4.78, 5) is 0. The molecule has 0 saturated carbocycles. The van der Waals surface area contributed by atoms with E-state index < -0.39 is 0 Å². The summed E-state index contributed by atoms with van der Waals surface area (Å²) < 4.78 is 0. The maximum absolute atomic E-state index is 6.94. The van der Waals surface area contributed by atoms with Crippen molar-refractivity contribution in [2.45, 2.75) is 73.8 Å². The Morgan fingerprint density at radius 3 is 1.88 bits per heavy atom. The molecule has 3 rings (SSSR count). The van der Waals surface area contributed by atoms with Crippen LogP contribution in [-0.2, 0) is 34.6 Å². The number of aryl methyl sites for hydroxylation is 1. The Morgan fingerprint density at radius 2 is 1.46 bits per heavy atom. The Bertz CT molecular complexity index is 599. The van der Waals surface area contributed by atoms with Gasteiger partial charge in [0, 0.05) is 0 Å². The number of benzene rings is 1. The number of rotatable bonds is 0. The zero-order valence-corrected chi connectivity index (χ0v) is 20.4. The van der Waals surface area contributed by atoms with Gasteiger partial charge >= 0.3 is 21.7 Å². The van der Waals surface area contributed by atoms with Crippen molar-refractivity contribution in [3.63, 3.8) is 0 Å². The molecular weight excluding hydrogens is 366 g/mol. The van der Waals surface area contributed by atoms with E-state index in [-0.39, 0.29) is 27.3 Å². The summed E-state index contributed by atoms with van der Waals surface area (Å²) in [5, 5.41) is 2.84. The number of fused-ring (bicyclic) bond motifs is 2. The van der Waals surface area contributed by atoms with Gasteiger partial charge in [0.2, 0.25) is 0 Å². The molecule has 0 fully saturated rings. The largest absolute Gasteiger partial charge is 4.00 e. The van der Waals surface area contributed by atoms with Crippen LogP contribution in [0.25, 0.3) is 16.5 Å². The van der Waals surface area contributed by atoms with Gasteiger partial charge in [-0.1, -0.05) is 52.7 Å². The van der Waals surface area contributed by atoms with Gasteiger partial charge in [-0.3, -0.25) is 9.85 Å². The summed E-state index contributed by atoms with van der Waals surface area (Å²) in [6.07, 6.45) is 8.78. The van der Waals surface area contributed by atoms with E-state index in [1.165, 1.54) is 29.2 Å². The van der Waals surface area contributed by atoms with Crippen LogP contribution < -0.4 is 0 Å². The van der Waals surface area contributed by atoms with E-state index in [4.69, 9.17) is 5.73 Å². The predicted molar refractivity (Wildman–Crippen MR) is 117 cm³/mol. The SMILES string of the molecule is CC(C)(C)[NH-].C[CH-]C.Cc1cc2cc3c(cc2[cH-]1)CC(C)(C)C3.[CH-]=[Si].[Ti+4]. The number of nitrogens with one attached hydrogen (secondary N) is 1. The molecule has 0 bridgehead atoms. The van der Waals surface area contributed by atoms with Crippen LogP contribution in [0.2, 0.25) is 0 Å². The minimum atomic E-state index is -0.250. The zero-order chi connectivity index (χ0) is 19.8. The summed E-state index contributed by atoms with van der Waals surface area (Å²) in [5.41, 5.74) is 11.7. The van der Waals surface area contributed by atoms with Crippen molar-refractivity contribution in [2.24, 2.45) is 5.41 Å². The van der Waals surface area contributed by atoms with Gasteiger partial charge in [0.1, 0.15) is 0 Å². The second-order valence-corrected chi connectivity index (χ2v) is 8.63. The summed E-state index contributed by atoms with van der Waals surface area (Å²) in [5.74, 6) is 0. The molecule has 3 heteroatoms. The molecule has 0 heterocycles. The van der Waals surface area contributed by atoms with Crippen molar-refractivity contribution >= 4 is 26.8 Å². The number of hydrogen-bond donors (Lipinski definition) is 0. The topological polar surface area (TPSA) is 23.8 Å². The molecule has 0 spiro atoms. The Hall–Kier alpha value is -0.409. The summed E-state index contributed by atoms with van der Waals surface area (Å²) >= 11 is 0. The molecule has 2 aromatic carbocycles. The maximum Gasteiger partial charge on any atom is 4.00 e. The molecule has 2 radical (unpaired) electrons. The van der Waals surface area contributed by atoms with E-state index in [1.807, 2.05) is 41.0 Å². The van der Waals surface area contributed by atoms with E-state index in [1.54, 1.807) is 11.1 Å². The minimum Gasteiger partial charge on any atom is -0.673 e. The Morgan fingerprint density at radius 1 is 1.08 bits per heavy atom. The molecule has 0 unspecified atom stereocenters. The van der Waals surface area contributed by atoms with E-state index in [0.717, 1.165) is 0 Å². The molecule has 1 aliphatic carbocycles. The monoisotopic (exact) mass is 401 g/mol. The first-order valence-corrected chi connectivity index (χ1v) is 9.49. The molecule has 0 amide bonds. The second-order valence-electron chi connectivity index (χ2n) is 8.63. The fourth-order valence-corrected chi connectivity index (χ4v) is 2.93.